The molecule has 0 unspecified atom stereocenters. The van der Waals surface area contributed by atoms with Gasteiger partial charge in [-0.3, -0.25) is 0 Å². The number of ether oxygens (including phenoxy) is 1. The fourth-order valence-corrected chi connectivity index (χ4v) is 2.87. The maximum atomic E-state index is 12.2. The van der Waals surface area contributed by atoms with E-state index in [2.05, 4.69) is 9.46 Å². The molecule has 0 aliphatic rings. The Morgan fingerprint density at radius 1 is 1.09 bits per heavy atom. The Labute approximate surface area is 135 Å². The Hall–Kier alpha value is -2.44. The Morgan fingerprint density at radius 2 is 1.74 bits per heavy atom. The minimum absolute atomic E-state index is 0.170. The number of methoxy groups -OCH3 is 1. The minimum Gasteiger partial charge on any atom is -0.466 e. The highest BCUT2D eigenvalue weighted by Crippen LogP contribution is 2.12. The Kier molecular flexibility index (Phi) is 5.67. The Balaban J connectivity index is 2.05. The Bertz CT molecular complexity index is 781. The molecule has 0 bridgehead atoms. The second kappa shape index (κ2) is 7.71. The molecule has 0 saturated heterocycles. The van der Waals surface area contributed by atoms with Gasteiger partial charge in [0.2, 0.25) is 10.0 Å². The summed E-state index contributed by atoms with van der Waals surface area (Å²) in [6.45, 7) is 0.229. The van der Waals surface area contributed by atoms with Gasteiger partial charge in [0, 0.05) is 12.6 Å². The fraction of sp³-hybridized carbons (Fsp3) is 0.118. The van der Waals surface area contributed by atoms with E-state index in [0.717, 1.165) is 5.56 Å². The highest BCUT2D eigenvalue weighted by molar-refractivity contribution is 7.89. The molecule has 1 N–H and O–H groups in total. The summed E-state index contributed by atoms with van der Waals surface area (Å²) in [4.78, 5) is 11.2. The number of sulfonamides is 1. The molecule has 6 heteroatoms. The summed E-state index contributed by atoms with van der Waals surface area (Å²) in [6, 6.07) is 15.5. The lowest BCUT2D eigenvalue weighted by Gasteiger charge is -2.07. The van der Waals surface area contributed by atoms with Gasteiger partial charge < -0.3 is 4.74 Å². The van der Waals surface area contributed by atoms with Crippen molar-refractivity contribution in [1.82, 2.24) is 4.72 Å². The molecule has 0 aliphatic heterocycles. The van der Waals surface area contributed by atoms with E-state index >= 15 is 0 Å². The van der Waals surface area contributed by atoms with E-state index in [0.29, 0.717) is 5.56 Å². The third-order valence-corrected chi connectivity index (χ3v) is 4.53. The molecule has 2 rings (SSSR count). The number of esters is 1. The number of carbonyl (C=O) groups excluding carboxylic acids is 1. The van der Waals surface area contributed by atoms with Crippen molar-refractivity contribution >= 4 is 22.1 Å². The van der Waals surface area contributed by atoms with Crippen molar-refractivity contribution in [2.24, 2.45) is 0 Å². The van der Waals surface area contributed by atoms with Crippen molar-refractivity contribution in [3.63, 3.8) is 0 Å². The number of carbonyl (C=O) groups is 1. The smallest absolute Gasteiger partial charge is 0.330 e. The molecule has 2 aromatic rings. The summed E-state index contributed by atoms with van der Waals surface area (Å²) >= 11 is 0. The molecular weight excluding hydrogens is 314 g/mol. The number of hydrogen-bond donors (Lipinski definition) is 1. The van der Waals surface area contributed by atoms with E-state index in [-0.39, 0.29) is 11.4 Å². The van der Waals surface area contributed by atoms with Crippen LogP contribution >= 0.6 is 0 Å². The van der Waals surface area contributed by atoms with Gasteiger partial charge >= 0.3 is 5.97 Å². The van der Waals surface area contributed by atoms with Crippen LogP contribution < -0.4 is 4.72 Å². The van der Waals surface area contributed by atoms with Crippen LogP contribution in [0.4, 0.5) is 0 Å². The highest BCUT2D eigenvalue weighted by Gasteiger charge is 2.13. The predicted octanol–water partition coefficient (Wildman–Crippen LogP) is 2.35. The third-order valence-electron chi connectivity index (χ3n) is 3.11. The lowest BCUT2D eigenvalue weighted by molar-refractivity contribution is -0.134. The van der Waals surface area contributed by atoms with Crippen LogP contribution in [0.1, 0.15) is 11.1 Å². The van der Waals surface area contributed by atoms with E-state index in [4.69, 9.17) is 0 Å². The molecule has 0 spiro atoms. The fourth-order valence-electron chi connectivity index (χ4n) is 1.85. The second-order valence-corrected chi connectivity index (χ2v) is 6.50. The number of nitrogens with one attached hydrogen (secondary N) is 1. The average Bonchev–Trinajstić information content (AvgIpc) is 2.59. The number of rotatable bonds is 6. The van der Waals surface area contributed by atoms with Gasteiger partial charge in [-0.1, -0.05) is 42.5 Å². The van der Waals surface area contributed by atoms with Gasteiger partial charge in [-0.15, -0.1) is 0 Å². The summed E-state index contributed by atoms with van der Waals surface area (Å²) in [5.41, 5.74) is 1.59. The monoisotopic (exact) mass is 331 g/mol. The minimum atomic E-state index is -3.58. The molecule has 2 aromatic carbocycles. The first-order valence-corrected chi connectivity index (χ1v) is 8.39. The Morgan fingerprint density at radius 3 is 2.35 bits per heavy atom. The normalized spacial score (nSPS) is 11.5. The van der Waals surface area contributed by atoms with Crippen LogP contribution in [0.25, 0.3) is 6.08 Å². The standard InChI is InChI=1S/C17H17NO4S/c1-22-17(19)12-9-14-7-10-16(11-8-14)23(20,21)18-13-15-5-3-2-4-6-15/h2-12,18H,13H2,1H3. The van der Waals surface area contributed by atoms with Gasteiger partial charge in [0.15, 0.2) is 0 Å². The predicted molar refractivity (Wildman–Crippen MR) is 88.0 cm³/mol. The van der Waals surface area contributed by atoms with E-state index < -0.39 is 16.0 Å². The molecule has 0 fully saturated rings. The summed E-state index contributed by atoms with van der Waals surface area (Å²) in [5, 5.41) is 0. The first-order valence-electron chi connectivity index (χ1n) is 6.91. The average molecular weight is 331 g/mol. The molecule has 0 saturated carbocycles. The van der Waals surface area contributed by atoms with Crippen LogP contribution in [-0.4, -0.2) is 21.5 Å². The van der Waals surface area contributed by atoms with Crippen molar-refractivity contribution in [2.75, 3.05) is 7.11 Å². The lowest BCUT2D eigenvalue weighted by Crippen LogP contribution is -2.23. The molecule has 0 aliphatic carbocycles. The van der Waals surface area contributed by atoms with Crippen LogP contribution in [-0.2, 0) is 26.1 Å². The van der Waals surface area contributed by atoms with Crippen molar-refractivity contribution < 1.29 is 17.9 Å². The molecule has 0 amide bonds. The first kappa shape index (κ1) is 16.9. The molecule has 5 nitrogen and oxygen atoms in total. The number of hydrogen-bond acceptors (Lipinski definition) is 4. The summed E-state index contributed by atoms with van der Waals surface area (Å²) < 4.78 is 31.5. The van der Waals surface area contributed by atoms with Gasteiger partial charge in [-0.25, -0.2) is 17.9 Å². The van der Waals surface area contributed by atoms with E-state index in [1.54, 1.807) is 18.2 Å². The maximum absolute atomic E-state index is 12.2. The summed E-state index contributed by atoms with van der Waals surface area (Å²) in [7, 11) is -2.28. The summed E-state index contributed by atoms with van der Waals surface area (Å²) in [6.07, 6.45) is 2.83. The van der Waals surface area contributed by atoms with Crippen LogP contribution in [0.3, 0.4) is 0 Å². The molecule has 120 valence electrons. The molecule has 23 heavy (non-hydrogen) atoms. The number of benzene rings is 2. The van der Waals surface area contributed by atoms with Crippen LogP contribution in [0, 0.1) is 0 Å². The quantitative estimate of drug-likeness (QED) is 0.651. The van der Waals surface area contributed by atoms with Crippen LogP contribution in [0.15, 0.2) is 65.6 Å². The second-order valence-electron chi connectivity index (χ2n) is 4.74. The van der Waals surface area contributed by atoms with Crippen LogP contribution in [0.5, 0.6) is 0 Å². The first-order chi connectivity index (χ1) is 11.0. The van der Waals surface area contributed by atoms with Gasteiger partial charge in [-0.05, 0) is 29.3 Å². The molecule has 0 aromatic heterocycles. The molecule has 0 heterocycles. The van der Waals surface area contributed by atoms with E-state index in [9.17, 15) is 13.2 Å². The third kappa shape index (κ3) is 5.05. The summed E-state index contributed by atoms with van der Waals surface area (Å²) in [5.74, 6) is -0.466. The zero-order chi connectivity index (χ0) is 16.7. The van der Waals surface area contributed by atoms with Crippen molar-refractivity contribution in [3.05, 3.63) is 71.8 Å². The van der Waals surface area contributed by atoms with E-state index in [1.807, 2.05) is 30.3 Å². The van der Waals surface area contributed by atoms with Crippen molar-refractivity contribution in [2.45, 2.75) is 11.4 Å². The highest BCUT2D eigenvalue weighted by atomic mass is 32.2. The maximum Gasteiger partial charge on any atom is 0.330 e. The van der Waals surface area contributed by atoms with Crippen LogP contribution in [0.2, 0.25) is 0 Å². The zero-order valence-electron chi connectivity index (χ0n) is 12.6. The lowest BCUT2D eigenvalue weighted by atomic mass is 10.2. The molecule has 0 atom stereocenters. The van der Waals surface area contributed by atoms with Gasteiger partial charge in [-0.2, -0.15) is 0 Å². The topological polar surface area (TPSA) is 72.5 Å². The zero-order valence-corrected chi connectivity index (χ0v) is 13.4. The molecule has 0 radical (unpaired) electrons. The van der Waals surface area contributed by atoms with Gasteiger partial charge in [0.1, 0.15) is 0 Å². The van der Waals surface area contributed by atoms with Gasteiger partial charge in [0.25, 0.3) is 0 Å². The molecular formula is C17H17NO4S. The van der Waals surface area contributed by atoms with E-state index in [1.165, 1.54) is 25.3 Å². The van der Waals surface area contributed by atoms with Gasteiger partial charge in [0.05, 0.1) is 12.0 Å². The SMILES string of the molecule is COC(=O)C=Cc1ccc(S(=O)(=O)NCc2ccccc2)cc1. The van der Waals surface area contributed by atoms with Crippen molar-refractivity contribution in [3.8, 4) is 0 Å². The largest absolute Gasteiger partial charge is 0.466 e. The van der Waals surface area contributed by atoms with Crippen molar-refractivity contribution in [1.29, 1.82) is 0 Å².